The first kappa shape index (κ1) is 12.9. The van der Waals surface area contributed by atoms with Crippen molar-refractivity contribution >= 4 is 15.9 Å². The van der Waals surface area contributed by atoms with Gasteiger partial charge in [0.05, 0.1) is 29.3 Å². The van der Waals surface area contributed by atoms with Crippen molar-refractivity contribution in [1.82, 2.24) is 0 Å². The summed E-state index contributed by atoms with van der Waals surface area (Å²) in [7, 11) is 0. The summed E-state index contributed by atoms with van der Waals surface area (Å²) in [5.41, 5.74) is 0.555. The fourth-order valence-electron chi connectivity index (χ4n) is 1.24. The average Bonchev–Trinajstić information content (AvgIpc) is 2.28. The SMILES string of the molecule is CCCOc1c(Br)cc(C#N)cc1OCC. The standard InChI is InChI=1S/C12H14BrNO2/c1-3-5-16-12-10(13)6-9(8-14)7-11(12)15-4-2/h6-7H,3-5H2,1-2H3. The number of nitrogens with zero attached hydrogens (tertiary/aromatic N) is 1. The molecule has 0 atom stereocenters. The molecule has 0 spiro atoms. The lowest BCUT2D eigenvalue weighted by atomic mass is 10.2. The minimum atomic E-state index is 0.545. The third-order valence-electron chi connectivity index (χ3n) is 1.89. The van der Waals surface area contributed by atoms with Crippen molar-refractivity contribution in [2.24, 2.45) is 0 Å². The summed E-state index contributed by atoms with van der Waals surface area (Å²) in [5, 5.41) is 8.85. The Balaban J connectivity index is 3.07. The minimum Gasteiger partial charge on any atom is -0.490 e. The monoisotopic (exact) mass is 283 g/mol. The molecule has 1 rings (SSSR count). The molecule has 0 fully saturated rings. The third kappa shape index (κ3) is 3.14. The average molecular weight is 284 g/mol. The van der Waals surface area contributed by atoms with Crippen molar-refractivity contribution < 1.29 is 9.47 Å². The van der Waals surface area contributed by atoms with Crippen molar-refractivity contribution in [3.05, 3.63) is 22.2 Å². The van der Waals surface area contributed by atoms with E-state index >= 15 is 0 Å². The molecule has 0 aromatic heterocycles. The van der Waals surface area contributed by atoms with E-state index in [1.807, 2.05) is 13.8 Å². The quantitative estimate of drug-likeness (QED) is 0.831. The minimum absolute atomic E-state index is 0.545. The van der Waals surface area contributed by atoms with E-state index in [4.69, 9.17) is 14.7 Å². The second-order valence-corrected chi connectivity index (χ2v) is 4.03. The normalized spacial score (nSPS) is 9.62. The molecule has 0 aliphatic rings. The molecule has 1 aromatic rings. The Kier molecular flexibility index (Phi) is 5.13. The zero-order valence-electron chi connectivity index (χ0n) is 9.42. The third-order valence-corrected chi connectivity index (χ3v) is 2.48. The highest BCUT2D eigenvalue weighted by atomic mass is 79.9. The molecule has 4 heteroatoms. The molecule has 86 valence electrons. The molecule has 0 amide bonds. The number of rotatable bonds is 5. The van der Waals surface area contributed by atoms with Crippen LogP contribution in [0.5, 0.6) is 11.5 Å². The summed E-state index contributed by atoms with van der Waals surface area (Å²) in [6.07, 6.45) is 0.929. The van der Waals surface area contributed by atoms with E-state index in [1.165, 1.54) is 0 Å². The lowest BCUT2D eigenvalue weighted by Crippen LogP contribution is -2.01. The molecular formula is C12H14BrNO2. The van der Waals surface area contributed by atoms with Gasteiger partial charge in [-0.05, 0) is 35.3 Å². The summed E-state index contributed by atoms with van der Waals surface area (Å²) in [5.74, 6) is 1.28. The first-order chi connectivity index (χ1) is 7.72. The van der Waals surface area contributed by atoms with Crippen LogP contribution in [0.25, 0.3) is 0 Å². The van der Waals surface area contributed by atoms with Crippen LogP contribution in [0.1, 0.15) is 25.8 Å². The molecule has 0 heterocycles. The second kappa shape index (κ2) is 6.39. The lowest BCUT2D eigenvalue weighted by molar-refractivity contribution is 0.275. The molecular weight excluding hydrogens is 270 g/mol. The van der Waals surface area contributed by atoms with Crippen molar-refractivity contribution in [1.29, 1.82) is 5.26 Å². The van der Waals surface area contributed by atoms with Crippen LogP contribution < -0.4 is 9.47 Å². The number of ether oxygens (including phenoxy) is 2. The highest BCUT2D eigenvalue weighted by Crippen LogP contribution is 2.36. The van der Waals surface area contributed by atoms with Crippen LogP contribution in [0, 0.1) is 11.3 Å². The van der Waals surface area contributed by atoms with E-state index in [-0.39, 0.29) is 0 Å². The van der Waals surface area contributed by atoms with Crippen LogP contribution in [0.4, 0.5) is 0 Å². The van der Waals surface area contributed by atoms with Crippen LogP contribution in [-0.2, 0) is 0 Å². The van der Waals surface area contributed by atoms with Gasteiger partial charge in [0, 0.05) is 6.07 Å². The molecule has 0 saturated heterocycles. The van der Waals surface area contributed by atoms with Gasteiger partial charge < -0.3 is 9.47 Å². The van der Waals surface area contributed by atoms with Crippen LogP contribution >= 0.6 is 15.9 Å². The van der Waals surface area contributed by atoms with Crippen molar-refractivity contribution in [2.75, 3.05) is 13.2 Å². The van der Waals surface area contributed by atoms with Crippen LogP contribution in [0.3, 0.4) is 0 Å². The molecule has 0 aliphatic heterocycles. The van der Waals surface area contributed by atoms with Gasteiger partial charge >= 0.3 is 0 Å². The summed E-state index contributed by atoms with van der Waals surface area (Å²) < 4.78 is 11.8. The Hall–Kier alpha value is -1.21. The van der Waals surface area contributed by atoms with Gasteiger partial charge in [0.25, 0.3) is 0 Å². The summed E-state index contributed by atoms with van der Waals surface area (Å²) in [4.78, 5) is 0. The number of hydrogen-bond donors (Lipinski definition) is 0. The summed E-state index contributed by atoms with van der Waals surface area (Å²) in [6.45, 7) is 5.11. The van der Waals surface area contributed by atoms with E-state index in [2.05, 4.69) is 22.0 Å². The summed E-state index contributed by atoms with van der Waals surface area (Å²) >= 11 is 3.38. The van der Waals surface area contributed by atoms with Gasteiger partial charge in [-0.25, -0.2) is 0 Å². The van der Waals surface area contributed by atoms with E-state index in [0.717, 1.165) is 10.9 Å². The Morgan fingerprint density at radius 2 is 2.06 bits per heavy atom. The zero-order chi connectivity index (χ0) is 12.0. The van der Waals surface area contributed by atoms with Crippen LogP contribution in [-0.4, -0.2) is 13.2 Å². The van der Waals surface area contributed by atoms with Gasteiger partial charge in [-0.15, -0.1) is 0 Å². The molecule has 0 unspecified atom stereocenters. The number of halogens is 1. The van der Waals surface area contributed by atoms with Crippen LogP contribution in [0.15, 0.2) is 16.6 Å². The molecule has 3 nitrogen and oxygen atoms in total. The van der Waals surface area contributed by atoms with E-state index in [1.54, 1.807) is 12.1 Å². The molecule has 0 radical (unpaired) electrons. The topological polar surface area (TPSA) is 42.2 Å². The Bertz CT molecular complexity index is 399. The number of nitriles is 1. The van der Waals surface area contributed by atoms with Gasteiger partial charge in [0.15, 0.2) is 11.5 Å². The van der Waals surface area contributed by atoms with E-state index < -0.39 is 0 Å². The first-order valence-corrected chi connectivity index (χ1v) is 6.01. The first-order valence-electron chi connectivity index (χ1n) is 5.22. The Labute approximate surface area is 104 Å². The zero-order valence-corrected chi connectivity index (χ0v) is 11.0. The Morgan fingerprint density at radius 3 is 2.62 bits per heavy atom. The van der Waals surface area contributed by atoms with E-state index in [0.29, 0.717) is 30.3 Å². The van der Waals surface area contributed by atoms with Crippen molar-refractivity contribution in [3.63, 3.8) is 0 Å². The molecule has 0 N–H and O–H groups in total. The maximum atomic E-state index is 8.85. The van der Waals surface area contributed by atoms with Gasteiger partial charge in [0.1, 0.15) is 0 Å². The smallest absolute Gasteiger partial charge is 0.175 e. The predicted molar refractivity (Wildman–Crippen MR) is 65.8 cm³/mol. The van der Waals surface area contributed by atoms with Gasteiger partial charge in [-0.3, -0.25) is 0 Å². The maximum absolute atomic E-state index is 8.85. The lowest BCUT2D eigenvalue weighted by Gasteiger charge is -2.13. The number of benzene rings is 1. The predicted octanol–water partition coefficient (Wildman–Crippen LogP) is 3.51. The van der Waals surface area contributed by atoms with Gasteiger partial charge in [0.2, 0.25) is 0 Å². The van der Waals surface area contributed by atoms with Gasteiger partial charge in [-0.2, -0.15) is 5.26 Å². The largest absolute Gasteiger partial charge is 0.490 e. The molecule has 0 saturated carbocycles. The fourth-order valence-corrected chi connectivity index (χ4v) is 1.80. The highest BCUT2D eigenvalue weighted by molar-refractivity contribution is 9.10. The van der Waals surface area contributed by atoms with Gasteiger partial charge in [-0.1, -0.05) is 6.92 Å². The fraction of sp³-hybridized carbons (Fsp3) is 0.417. The van der Waals surface area contributed by atoms with Crippen molar-refractivity contribution in [3.8, 4) is 17.6 Å². The van der Waals surface area contributed by atoms with Crippen LogP contribution in [0.2, 0.25) is 0 Å². The van der Waals surface area contributed by atoms with Crippen molar-refractivity contribution in [2.45, 2.75) is 20.3 Å². The molecule has 16 heavy (non-hydrogen) atoms. The summed E-state index contributed by atoms with van der Waals surface area (Å²) in [6, 6.07) is 5.51. The number of hydrogen-bond acceptors (Lipinski definition) is 3. The molecule has 0 bridgehead atoms. The van der Waals surface area contributed by atoms with E-state index in [9.17, 15) is 0 Å². The maximum Gasteiger partial charge on any atom is 0.175 e. The highest BCUT2D eigenvalue weighted by Gasteiger charge is 2.11. The Morgan fingerprint density at radius 1 is 1.31 bits per heavy atom. The second-order valence-electron chi connectivity index (χ2n) is 3.18. The molecule has 1 aromatic carbocycles. The molecule has 0 aliphatic carbocycles.